The van der Waals surface area contributed by atoms with Crippen LogP contribution < -0.4 is 0 Å². The number of hydrogen-bond donors (Lipinski definition) is 0. The Morgan fingerprint density at radius 1 is 0.116 bits per heavy atom. The smallest absolute Gasteiger partial charge is 0.160 e. The Morgan fingerprint density at radius 2 is 0.310 bits per heavy atom. The van der Waals surface area contributed by atoms with Gasteiger partial charge in [0.15, 0.2) is 11.6 Å². The van der Waals surface area contributed by atoms with Gasteiger partial charge in [-0.15, -0.1) is 0 Å². The molecule has 0 N–H and O–H groups in total. The number of aromatic nitrogens is 10. The lowest BCUT2D eigenvalue weighted by Crippen LogP contribution is -1.95. The van der Waals surface area contributed by atoms with Gasteiger partial charge in [0.05, 0.1) is 45.6 Å². The normalized spacial score (nSPS) is 10.7. The SMILES string of the molecule is Cc1cc(-c2ccc(-c3ccccc3)cc2)nc(-c2ccccc2)n1.Cc1cc(-c2cccc(-c3ccccc3)c2)nc(-c2ccccc2)n1.Cc1nc(-c2ccc(-c3ccccc3)cc2)cc(-c2ccc3ccccc3c2)n1.Cc1nc(-c2ccccc2)cc(-c2ccc(-c3ccccc3)cc2)n1.Cc1nc(-c2ccccc2)cc(-c2cccc(-c3ccccc3)c2)n1. The van der Waals surface area contributed by atoms with Crippen molar-refractivity contribution in [3.8, 4) is 168 Å². The molecule has 129 heavy (non-hydrogen) atoms. The first-order valence-electron chi connectivity index (χ1n) is 43.2. The molecular weight excluding hydrogens is 1570 g/mol. The van der Waals surface area contributed by atoms with Crippen molar-refractivity contribution in [2.45, 2.75) is 34.6 Å². The maximum atomic E-state index is 4.80. The number of nitrogens with zero attached hydrogens (tertiary/aromatic N) is 10. The summed E-state index contributed by atoms with van der Waals surface area (Å²) in [6, 6.07) is 160. The summed E-state index contributed by atoms with van der Waals surface area (Å²) in [5, 5.41) is 2.45. The number of aryl methyl sites for hydroxylation is 5. The van der Waals surface area contributed by atoms with E-state index in [0.29, 0.717) is 0 Å². The van der Waals surface area contributed by atoms with E-state index in [0.717, 1.165) is 142 Å². The zero-order chi connectivity index (χ0) is 87.9. The van der Waals surface area contributed by atoms with Crippen LogP contribution in [0.4, 0.5) is 0 Å². The molecule has 0 aliphatic heterocycles. The predicted octanol–water partition coefficient (Wildman–Crippen LogP) is 30.1. The Balaban J connectivity index is 0.000000113. The largest absolute Gasteiger partial charge is 0.233 e. The van der Waals surface area contributed by atoms with Crippen LogP contribution in [0.3, 0.4) is 0 Å². The van der Waals surface area contributed by atoms with E-state index >= 15 is 0 Å². The van der Waals surface area contributed by atoms with E-state index in [9.17, 15) is 0 Å². The van der Waals surface area contributed by atoms with Gasteiger partial charge >= 0.3 is 0 Å². The van der Waals surface area contributed by atoms with Crippen LogP contribution in [0.25, 0.3) is 179 Å². The molecule has 0 saturated carbocycles. The monoisotopic (exact) mass is 1660 g/mol. The van der Waals surface area contributed by atoms with Gasteiger partial charge in [-0.25, -0.2) is 49.8 Å². The lowest BCUT2D eigenvalue weighted by molar-refractivity contribution is 1.06. The van der Waals surface area contributed by atoms with Crippen molar-refractivity contribution < 1.29 is 0 Å². The Morgan fingerprint density at radius 3 is 0.620 bits per heavy atom. The fraction of sp³-hybridized carbons (Fsp3) is 0.0420. The molecule has 0 saturated heterocycles. The third-order valence-electron chi connectivity index (χ3n) is 21.9. The van der Waals surface area contributed by atoms with Crippen molar-refractivity contribution in [2.75, 3.05) is 0 Å². The molecule has 10 nitrogen and oxygen atoms in total. The van der Waals surface area contributed by atoms with Gasteiger partial charge in [0.2, 0.25) is 0 Å². The van der Waals surface area contributed by atoms with Crippen LogP contribution >= 0.6 is 0 Å². The van der Waals surface area contributed by atoms with Crippen molar-refractivity contribution in [1.82, 2.24) is 49.8 Å². The standard InChI is InChI=1S/C27H20N2.4C23H18N2/c1-19-28-26(23-14-11-22(12-15-23)20-7-3-2-4-8-20)18-27(29-19)25-16-13-21-9-5-6-10-24(21)17-25;1-17-24-22(19-11-6-3-7-12-19)16-23(25-17)21-14-8-13-20(15-21)18-9-4-2-5-10-18;1-17-15-22(25-23(24-17)19-11-6-3-7-12-19)21-14-8-13-20(16-21)18-9-4-2-5-10-18;1-17-24-22(20-10-6-3-7-11-20)16-23(25-17)21-14-12-19(13-15-21)18-8-4-2-5-9-18;1-17-16-22(25-23(24-17)21-10-6-3-7-11-21)20-14-12-19(13-15-20)18-8-4-2-5-9-18/h2-18H,1H3;4*2-16H,1H3. The maximum absolute atomic E-state index is 4.80. The first-order chi connectivity index (χ1) is 63.4. The molecule has 10 heteroatoms. The average Bonchev–Trinajstić information content (AvgIpc) is 0.815. The molecule has 0 aliphatic carbocycles. The molecule has 618 valence electrons. The van der Waals surface area contributed by atoms with Gasteiger partial charge in [0.25, 0.3) is 0 Å². The quantitative estimate of drug-likeness (QED) is 0.0978. The molecule has 0 aliphatic rings. The molecule has 0 fully saturated rings. The molecule has 5 aromatic heterocycles. The molecular formula is C119H92N10. The highest BCUT2D eigenvalue weighted by Crippen LogP contribution is 2.35. The minimum Gasteiger partial charge on any atom is -0.233 e. The highest BCUT2D eigenvalue weighted by Gasteiger charge is 2.15. The zero-order valence-electron chi connectivity index (χ0n) is 72.4. The molecule has 21 aromatic rings. The second kappa shape index (κ2) is 41.1. The van der Waals surface area contributed by atoms with E-state index in [4.69, 9.17) is 15.0 Å². The third kappa shape index (κ3) is 22.0. The first-order valence-corrected chi connectivity index (χ1v) is 43.2. The van der Waals surface area contributed by atoms with E-state index in [-0.39, 0.29) is 0 Å². The van der Waals surface area contributed by atoms with Crippen LogP contribution in [-0.4, -0.2) is 49.8 Å². The Labute approximate surface area is 754 Å². The lowest BCUT2D eigenvalue weighted by Gasteiger charge is -2.09. The minimum absolute atomic E-state index is 0.765. The number of rotatable bonds is 15. The molecule has 5 heterocycles. The highest BCUT2D eigenvalue weighted by molar-refractivity contribution is 5.88. The van der Waals surface area contributed by atoms with Gasteiger partial charge in [-0.2, -0.15) is 0 Å². The van der Waals surface area contributed by atoms with Gasteiger partial charge in [0, 0.05) is 67.0 Å². The Kier molecular flexibility index (Phi) is 26.9. The van der Waals surface area contributed by atoms with Crippen molar-refractivity contribution >= 4 is 10.8 Å². The van der Waals surface area contributed by atoms with Crippen molar-refractivity contribution in [2.24, 2.45) is 0 Å². The fourth-order valence-corrected chi connectivity index (χ4v) is 15.4. The molecule has 0 atom stereocenters. The second-order valence-electron chi connectivity index (χ2n) is 31.2. The Hall–Kier alpha value is -16.8. The van der Waals surface area contributed by atoms with Crippen LogP contribution in [0.15, 0.2) is 467 Å². The Bertz CT molecular complexity index is 6930. The van der Waals surface area contributed by atoms with Gasteiger partial charge in [-0.1, -0.05) is 419 Å². The predicted molar refractivity (Wildman–Crippen MR) is 533 cm³/mol. The zero-order valence-corrected chi connectivity index (χ0v) is 72.4. The number of benzene rings is 16. The fourth-order valence-electron chi connectivity index (χ4n) is 15.4. The highest BCUT2D eigenvalue weighted by atomic mass is 14.9. The van der Waals surface area contributed by atoms with E-state index in [2.05, 4.69) is 362 Å². The average molecular weight is 1660 g/mol. The van der Waals surface area contributed by atoms with Crippen LogP contribution in [0.5, 0.6) is 0 Å². The van der Waals surface area contributed by atoms with Crippen molar-refractivity contribution in [3.63, 3.8) is 0 Å². The summed E-state index contributed by atoms with van der Waals surface area (Å²) in [5.74, 6) is 3.87. The lowest BCUT2D eigenvalue weighted by atomic mass is 10.0. The summed E-state index contributed by atoms with van der Waals surface area (Å²) in [5.41, 5.74) is 32.5. The van der Waals surface area contributed by atoms with Gasteiger partial charge in [0.1, 0.15) is 17.5 Å². The molecule has 16 aromatic carbocycles. The summed E-state index contributed by atoms with van der Waals surface area (Å²) in [7, 11) is 0. The molecule has 0 spiro atoms. The molecule has 0 radical (unpaired) electrons. The van der Waals surface area contributed by atoms with Crippen LogP contribution in [0.1, 0.15) is 28.9 Å². The van der Waals surface area contributed by atoms with E-state index in [1.807, 2.05) is 174 Å². The van der Waals surface area contributed by atoms with Crippen LogP contribution in [0, 0.1) is 34.6 Å². The molecule has 21 rings (SSSR count). The van der Waals surface area contributed by atoms with E-state index in [1.165, 1.54) is 66.4 Å². The summed E-state index contributed by atoms with van der Waals surface area (Å²) in [6.07, 6.45) is 0. The van der Waals surface area contributed by atoms with Gasteiger partial charge < -0.3 is 0 Å². The summed E-state index contributed by atoms with van der Waals surface area (Å²) in [4.78, 5) is 46.6. The topological polar surface area (TPSA) is 129 Å². The maximum Gasteiger partial charge on any atom is 0.160 e. The number of fused-ring (bicyclic) bond motifs is 1. The second-order valence-corrected chi connectivity index (χ2v) is 31.2. The number of hydrogen-bond acceptors (Lipinski definition) is 10. The van der Waals surface area contributed by atoms with Gasteiger partial charge in [-0.05, 0) is 150 Å². The van der Waals surface area contributed by atoms with Crippen molar-refractivity contribution in [3.05, 3.63) is 496 Å². The van der Waals surface area contributed by atoms with Crippen LogP contribution in [0.2, 0.25) is 0 Å². The van der Waals surface area contributed by atoms with E-state index < -0.39 is 0 Å². The van der Waals surface area contributed by atoms with Crippen molar-refractivity contribution in [1.29, 1.82) is 0 Å². The minimum atomic E-state index is 0.765. The summed E-state index contributed by atoms with van der Waals surface area (Å²) >= 11 is 0. The first kappa shape index (κ1) is 84.4. The molecule has 0 unspecified atom stereocenters. The molecule has 0 bridgehead atoms. The summed E-state index contributed by atoms with van der Waals surface area (Å²) < 4.78 is 0. The van der Waals surface area contributed by atoms with Crippen LogP contribution in [-0.2, 0) is 0 Å². The van der Waals surface area contributed by atoms with E-state index in [1.54, 1.807) is 0 Å². The summed E-state index contributed by atoms with van der Waals surface area (Å²) in [6.45, 7) is 9.85. The van der Waals surface area contributed by atoms with Gasteiger partial charge in [-0.3, -0.25) is 0 Å². The molecule has 0 amide bonds. The third-order valence-corrected chi connectivity index (χ3v) is 21.9.